The van der Waals surface area contributed by atoms with Crippen molar-refractivity contribution in [1.29, 1.82) is 0 Å². The van der Waals surface area contributed by atoms with Crippen molar-refractivity contribution in [2.75, 3.05) is 6.54 Å². The summed E-state index contributed by atoms with van der Waals surface area (Å²) >= 11 is 0. The minimum Gasteiger partial charge on any atom is -0.389 e. The monoisotopic (exact) mass is 261 g/mol. The van der Waals surface area contributed by atoms with Crippen LogP contribution in [-0.2, 0) is 0 Å². The zero-order valence-corrected chi connectivity index (χ0v) is 12.4. The van der Waals surface area contributed by atoms with Gasteiger partial charge in [0.05, 0.1) is 5.60 Å². The summed E-state index contributed by atoms with van der Waals surface area (Å²) in [5, 5.41) is 13.6. The highest BCUT2D eigenvalue weighted by molar-refractivity contribution is 5.26. The molecule has 0 spiro atoms. The van der Waals surface area contributed by atoms with E-state index in [-0.39, 0.29) is 0 Å². The quantitative estimate of drug-likeness (QED) is 0.823. The highest BCUT2D eigenvalue weighted by atomic mass is 16.3. The van der Waals surface area contributed by atoms with E-state index in [4.69, 9.17) is 0 Å². The smallest absolute Gasteiger partial charge is 0.0743 e. The van der Waals surface area contributed by atoms with Gasteiger partial charge in [-0.25, -0.2) is 0 Å². The zero-order valence-electron chi connectivity index (χ0n) is 12.4. The lowest BCUT2D eigenvalue weighted by atomic mass is 9.75. The summed E-state index contributed by atoms with van der Waals surface area (Å²) in [6.07, 6.45) is 4.30. The van der Waals surface area contributed by atoms with Crippen LogP contribution in [0.3, 0.4) is 0 Å². The van der Waals surface area contributed by atoms with Gasteiger partial charge in [-0.15, -0.1) is 0 Å². The molecule has 1 aromatic carbocycles. The number of benzene rings is 1. The molecule has 1 aliphatic rings. The molecule has 2 N–H and O–H groups in total. The molecule has 0 radical (unpaired) electrons. The molecule has 2 rings (SSSR count). The van der Waals surface area contributed by atoms with Gasteiger partial charge in [0.2, 0.25) is 0 Å². The molecule has 1 aliphatic carbocycles. The van der Waals surface area contributed by atoms with Crippen LogP contribution in [0.2, 0.25) is 0 Å². The fourth-order valence-electron chi connectivity index (χ4n) is 2.89. The first kappa shape index (κ1) is 14.5. The lowest BCUT2D eigenvalue weighted by Gasteiger charge is -2.38. The van der Waals surface area contributed by atoms with Crippen molar-refractivity contribution in [3.63, 3.8) is 0 Å². The maximum absolute atomic E-state index is 10.1. The van der Waals surface area contributed by atoms with Gasteiger partial charge >= 0.3 is 0 Å². The van der Waals surface area contributed by atoms with E-state index >= 15 is 0 Å². The number of nitrogens with one attached hydrogen (secondary N) is 1. The topological polar surface area (TPSA) is 32.3 Å². The predicted octanol–water partition coefficient (Wildman–Crippen LogP) is 3.38. The number of aliphatic hydroxyl groups is 1. The highest BCUT2D eigenvalue weighted by Crippen LogP contribution is 2.37. The summed E-state index contributed by atoms with van der Waals surface area (Å²) in [4.78, 5) is 0. The lowest BCUT2D eigenvalue weighted by Crippen LogP contribution is -2.47. The molecule has 19 heavy (non-hydrogen) atoms. The minimum absolute atomic E-state index is 0.552. The lowest BCUT2D eigenvalue weighted by molar-refractivity contribution is 0.0428. The third-order valence-corrected chi connectivity index (χ3v) is 4.25. The van der Waals surface area contributed by atoms with E-state index in [9.17, 15) is 5.11 Å². The van der Waals surface area contributed by atoms with Gasteiger partial charge in [0.1, 0.15) is 0 Å². The largest absolute Gasteiger partial charge is 0.389 e. The molecule has 1 unspecified atom stereocenters. The summed E-state index contributed by atoms with van der Waals surface area (Å²) in [7, 11) is 0. The Labute approximate surface area is 117 Å². The van der Waals surface area contributed by atoms with Gasteiger partial charge in [-0.2, -0.15) is 0 Å². The van der Waals surface area contributed by atoms with E-state index in [0.717, 1.165) is 12.8 Å². The molecule has 1 atom stereocenters. The summed E-state index contributed by atoms with van der Waals surface area (Å²) in [5.74, 6) is 0.703. The summed E-state index contributed by atoms with van der Waals surface area (Å²) < 4.78 is 0. The van der Waals surface area contributed by atoms with Crippen LogP contribution in [-0.4, -0.2) is 23.3 Å². The Morgan fingerprint density at radius 2 is 1.89 bits per heavy atom. The van der Waals surface area contributed by atoms with Crippen molar-refractivity contribution >= 4 is 0 Å². The molecule has 106 valence electrons. The van der Waals surface area contributed by atoms with Crippen LogP contribution in [0.15, 0.2) is 24.3 Å². The highest BCUT2D eigenvalue weighted by Gasteiger charge is 2.31. The molecule has 1 fully saturated rings. The van der Waals surface area contributed by atoms with Crippen LogP contribution in [0.25, 0.3) is 0 Å². The van der Waals surface area contributed by atoms with Crippen LogP contribution in [0.5, 0.6) is 0 Å². The summed E-state index contributed by atoms with van der Waals surface area (Å²) in [5.41, 5.74) is 2.24. The Balaban J connectivity index is 1.73. The van der Waals surface area contributed by atoms with E-state index in [0.29, 0.717) is 18.5 Å². The van der Waals surface area contributed by atoms with E-state index in [1.54, 1.807) is 0 Å². The third-order valence-electron chi connectivity index (χ3n) is 4.25. The van der Waals surface area contributed by atoms with Gasteiger partial charge in [0.15, 0.2) is 0 Å². The standard InChI is InChI=1S/C17H27NO/c1-4-9-17(3,19)12-18-16-10-15(11-16)14-7-5-13(2)6-8-14/h5-8,15-16,18-19H,4,9-12H2,1-3H3. The van der Waals surface area contributed by atoms with Gasteiger partial charge in [0.25, 0.3) is 0 Å². The average Bonchev–Trinajstić information content (AvgIpc) is 2.29. The second-order valence-corrected chi connectivity index (χ2v) is 6.40. The number of hydrogen-bond donors (Lipinski definition) is 2. The maximum Gasteiger partial charge on any atom is 0.0743 e. The normalized spacial score (nSPS) is 25.7. The minimum atomic E-state index is -0.552. The Hall–Kier alpha value is -0.860. The van der Waals surface area contributed by atoms with Crippen LogP contribution in [0.4, 0.5) is 0 Å². The molecule has 1 saturated carbocycles. The Bertz CT molecular complexity index is 390. The van der Waals surface area contributed by atoms with E-state index in [2.05, 4.69) is 43.4 Å². The van der Waals surface area contributed by atoms with Gasteiger partial charge in [-0.3, -0.25) is 0 Å². The molecule has 0 bridgehead atoms. The molecule has 0 aliphatic heterocycles. The van der Waals surface area contributed by atoms with Crippen LogP contribution < -0.4 is 5.32 Å². The fraction of sp³-hybridized carbons (Fsp3) is 0.647. The number of aryl methyl sites for hydroxylation is 1. The third kappa shape index (κ3) is 4.05. The van der Waals surface area contributed by atoms with Gasteiger partial charge < -0.3 is 10.4 Å². The molecular formula is C17H27NO. The van der Waals surface area contributed by atoms with Crippen molar-refractivity contribution in [3.8, 4) is 0 Å². The van der Waals surface area contributed by atoms with Gasteiger partial charge in [-0.05, 0) is 44.6 Å². The first-order valence-electron chi connectivity index (χ1n) is 7.52. The second kappa shape index (κ2) is 6.06. The van der Waals surface area contributed by atoms with Crippen LogP contribution in [0, 0.1) is 6.92 Å². The molecule has 2 nitrogen and oxygen atoms in total. The Morgan fingerprint density at radius 3 is 2.47 bits per heavy atom. The zero-order chi connectivity index (χ0) is 13.9. The Kier molecular flexibility index (Phi) is 4.64. The van der Waals surface area contributed by atoms with Crippen molar-refractivity contribution in [1.82, 2.24) is 5.32 Å². The molecule has 0 aromatic heterocycles. The van der Waals surface area contributed by atoms with E-state index in [1.165, 1.54) is 24.0 Å². The van der Waals surface area contributed by atoms with Gasteiger partial charge in [0, 0.05) is 12.6 Å². The second-order valence-electron chi connectivity index (χ2n) is 6.40. The van der Waals surface area contributed by atoms with E-state index in [1.807, 2.05) is 6.92 Å². The molecule has 0 amide bonds. The fourth-order valence-corrected chi connectivity index (χ4v) is 2.89. The molecule has 2 heteroatoms. The molecular weight excluding hydrogens is 234 g/mol. The van der Waals surface area contributed by atoms with Crippen LogP contribution in [0.1, 0.15) is 56.6 Å². The summed E-state index contributed by atoms with van der Waals surface area (Å²) in [6.45, 7) is 6.89. The predicted molar refractivity (Wildman–Crippen MR) is 80.5 cm³/mol. The number of rotatable bonds is 6. The molecule has 0 saturated heterocycles. The molecule has 1 aromatic rings. The van der Waals surface area contributed by atoms with Crippen molar-refractivity contribution in [2.24, 2.45) is 0 Å². The Morgan fingerprint density at radius 1 is 1.26 bits per heavy atom. The van der Waals surface area contributed by atoms with Crippen LogP contribution >= 0.6 is 0 Å². The van der Waals surface area contributed by atoms with E-state index < -0.39 is 5.60 Å². The maximum atomic E-state index is 10.1. The van der Waals surface area contributed by atoms with Crippen molar-refractivity contribution in [3.05, 3.63) is 35.4 Å². The average molecular weight is 261 g/mol. The van der Waals surface area contributed by atoms with Gasteiger partial charge in [-0.1, -0.05) is 43.2 Å². The summed E-state index contributed by atoms with van der Waals surface area (Å²) in [6, 6.07) is 9.48. The van der Waals surface area contributed by atoms with Crippen molar-refractivity contribution < 1.29 is 5.11 Å². The SMILES string of the molecule is CCCC(C)(O)CNC1CC(c2ccc(C)cc2)C1. The first-order chi connectivity index (χ1) is 9.00. The first-order valence-corrected chi connectivity index (χ1v) is 7.52. The molecule has 0 heterocycles. The number of hydrogen-bond acceptors (Lipinski definition) is 2. The van der Waals surface area contributed by atoms with Crippen molar-refractivity contribution in [2.45, 2.75) is 64.0 Å².